The van der Waals surface area contributed by atoms with E-state index >= 15 is 0 Å². The minimum absolute atomic E-state index is 0.0711. The highest BCUT2D eigenvalue weighted by molar-refractivity contribution is 5.70. The topological polar surface area (TPSA) is 72.8 Å². The van der Waals surface area contributed by atoms with Crippen molar-refractivity contribution in [3.63, 3.8) is 0 Å². The van der Waals surface area contributed by atoms with Gasteiger partial charge in [-0.25, -0.2) is 0 Å². The number of esters is 2. The van der Waals surface area contributed by atoms with E-state index < -0.39 is 6.10 Å². The van der Waals surface area contributed by atoms with Gasteiger partial charge in [0.15, 0.2) is 6.10 Å². The second kappa shape index (κ2) is 56.7. The van der Waals surface area contributed by atoms with Crippen molar-refractivity contribution in [3.8, 4) is 0 Å². The van der Waals surface area contributed by atoms with Crippen LogP contribution in [-0.4, -0.2) is 36.4 Å². The van der Waals surface area contributed by atoms with Gasteiger partial charge >= 0.3 is 11.9 Å². The Morgan fingerprint density at radius 3 is 0.909 bits per heavy atom. The summed E-state index contributed by atoms with van der Waals surface area (Å²) in [5.41, 5.74) is 0. The quantitative estimate of drug-likeness (QED) is 0.0374. The van der Waals surface area contributed by atoms with E-state index in [1.165, 1.54) is 193 Å². The third-order valence-electron chi connectivity index (χ3n) is 12.5. The standard InChI is InChI=1S/C61H108O5/c1-3-5-7-9-11-13-15-17-19-21-23-25-27-28-29-30-31-32-34-36-38-40-42-44-46-48-50-52-54-56-61(64)66-59(57-62)58-65-60(63)55-53-51-49-47-45-43-41-39-37-35-33-26-24-22-20-18-16-14-12-10-8-6-4-2/h15-18,21-24,27-28,33,35,59,62H,3-14,19-20,25-26,29-32,34,36-58H2,1-2H3/b17-15-,18-16-,23-21-,24-22-,28-27-,35-33-. The van der Waals surface area contributed by atoms with Gasteiger partial charge in [-0.2, -0.15) is 0 Å². The van der Waals surface area contributed by atoms with E-state index in [-0.39, 0.29) is 25.2 Å². The largest absolute Gasteiger partial charge is 0.462 e. The molecule has 0 rings (SSSR count). The molecule has 66 heavy (non-hydrogen) atoms. The highest BCUT2D eigenvalue weighted by Crippen LogP contribution is 2.16. The molecule has 0 saturated heterocycles. The molecular formula is C61H108O5. The van der Waals surface area contributed by atoms with E-state index in [1.807, 2.05) is 0 Å². The van der Waals surface area contributed by atoms with Gasteiger partial charge in [0.2, 0.25) is 0 Å². The first-order chi connectivity index (χ1) is 32.6. The molecule has 0 spiro atoms. The lowest BCUT2D eigenvalue weighted by atomic mass is 10.0. The lowest BCUT2D eigenvalue weighted by molar-refractivity contribution is -0.161. The second-order valence-corrected chi connectivity index (χ2v) is 19.0. The van der Waals surface area contributed by atoms with Gasteiger partial charge in [0.1, 0.15) is 6.61 Å². The third-order valence-corrected chi connectivity index (χ3v) is 12.5. The van der Waals surface area contributed by atoms with Gasteiger partial charge in [0.25, 0.3) is 0 Å². The minimum atomic E-state index is -0.779. The Balaban J connectivity index is 3.50. The fourth-order valence-corrected chi connectivity index (χ4v) is 8.16. The van der Waals surface area contributed by atoms with Gasteiger partial charge in [-0.05, 0) is 89.9 Å². The Morgan fingerprint density at radius 1 is 0.348 bits per heavy atom. The molecule has 1 unspecified atom stereocenters. The Bertz CT molecular complexity index is 1180. The van der Waals surface area contributed by atoms with Gasteiger partial charge in [0.05, 0.1) is 6.61 Å². The number of carbonyl (C=O) groups is 2. The van der Waals surface area contributed by atoms with E-state index in [2.05, 4.69) is 86.8 Å². The molecule has 5 heteroatoms. The number of ether oxygens (including phenoxy) is 2. The van der Waals surface area contributed by atoms with Crippen LogP contribution in [0, 0.1) is 0 Å². The molecule has 0 saturated carbocycles. The van der Waals surface area contributed by atoms with Gasteiger partial charge in [0, 0.05) is 12.8 Å². The van der Waals surface area contributed by atoms with Crippen LogP contribution in [-0.2, 0) is 19.1 Å². The maximum atomic E-state index is 12.3. The van der Waals surface area contributed by atoms with Crippen LogP contribution >= 0.6 is 0 Å². The molecule has 0 amide bonds. The summed E-state index contributed by atoms with van der Waals surface area (Å²) in [6.07, 6.45) is 77.2. The minimum Gasteiger partial charge on any atom is -0.462 e. The molecule has 0 heterocycles. The highest BCUT2D eigenvalue weighted by Gasteiger charge is 2.16. The van der Waals surface area contributed by atoms with Crippen molar-refractivity contribution in [2.75, 3.05) is 13.2 Å². The summed E-state index contributed by atoms with van der Waals surface area (Å²) < 4.78 is 10.7. The molecule has 0 aliphatic rings. The van der Waals surface area contributed by atoms with Crippen LogP contribution in [0.4, 0.5) is 0 Å². The Morgan fingerprint density at radius 2 is 0.606 bits per heavy atom. The molecule has 0 aliphatic heterocycles. The maximum Gasteiger partial charge on any atom is 0.306 e. The highest BCUT2D eigenvalue weighted by atomic mass is 16.6. The predicted octanol–water partition coefficient (Wildman–Crippen LogP) is 19.2. The van der Waals surface area contributed by atoms with Crippen molar-refractivity contribution in [2.45, 2.75) is 290 Å². The predicted molar refractivity (Wildman–Crippen MR) is 288 cm³/mol. The van der Waals surface area contributed by atoms with Crippen LogP contribution in [0.25, 0.3) is 0 Å². The van der Waals surface area contributed by atoms with E-state index in [9.17, 15) is 14.7 Å². The molecule has 0 bridgehead atoms. The summed E-state index contributed by atoms with van der Waals surface area (Å²) in [5, 5.41) is 9.65. The summed E-state index contributed by atoms with van der Waals surface area (Å²) in [4.78, 5) is 24.5. The van der Waals surface area contributed by atoms with Crippen molar-refractivity contribution < 1.29 is 24.2 Å². The lowest BCUT2D eigenvalue weighted by Gasteiger charge is -2.15. The van der Waals surface area contributed by atoms with Gasteiger partial charge in [-0.1, -0.05) is 254 Å². The maximum absolute atomic E-state index is 12.3. The van der Waals surface area contributed by atoms with Crippen LogP contribution in [0.1, 0.15) is 284 Å². The summed E-state index contributed by atoms with van der Waals surface area (Å²) in [7, 11) is 0. The van der Waals surface area contributed by atoms with E-state index in [4.69, 9.17) is 9.47 Å². The van der Waals surface area contributed by atoms with Crippen molar-refractivity contribution in [2.24, 2.45) is 0 Å². The molecule has 382 valence electrons. The molecule has 0 fully saturated rings. The molecule has 5 nitrogen and oxygen atoms in total. The van der Waals surface area contributed by atoms with E-state index in [0.29, 0.717) is 12.8 Å². The molecule has 0 aromatic heterocycles. The first-order valence-electron chi connectivity index (χ1n) is 28.5. The number of hydrogen-bond acceptors (Lipinski definition) is 5. The summed E-state index contributed by atoms with van der Waals surface area (Å²) in [6.45, 7) is 4.13. The SMILES string of the molecule is CCCCCCC/C=C\C/C=C\C/C=C\CCCCCCCCCCCCCCCCC(=O)OC(CO)COC(=O)CCCCCCCCCC/C=C\C/C=C\C/C=C\CCCCCCC. The van der Waals surface area contributed by atoms with Crippen molar-refractivity contribution in [1.29, 1.82) is 0 Å². The molecule has 0 aromatic carbocycles. The average Bonchev–Trinajstić information content (AvgIpc) is 3.32. The van der Waals surface area contributed by atoms with Crippen LogP contribution in [0.3, 0.4) is 0 Å². The van der Waals surface area contributed by atoms with Gasteiger partial charge in [-0.3, -0.25) is 9.59 Å². The zero-order valence-corrected chi connectivity index (χ0v) is 43.7. The lowest BCUT2D eigenvalue weighted by Crippen LogP contribution is -2.28. The van der Waals surface area contributed by atoms with Gasteiger partial charge in [-0.15, -0.1) is 0 Å². The number of hydrogen-bond donors (Lipinski definition) is 1. The molecule has 1 N–H and O–H groups in total. The van der Waals surface area contributed by atoms with Crippen LogP contribution in [0.5, 0.6) is 0 Å². The third kappa shape index (κ3) is 54.0. The fraction of sp³-hybridized carbons (Fsp3) is 0.770. The fourth-order valence-electron chi connectivity index (χ4n) is 8.16. The summed E-state index contributed by atoms with van der Waals surface area (Å²) >= 11 is 0. The van der Waals surface area contributed by atoms with Crippen LogP contribution in [0.2, 0.25) is 0 Å². The number of aliphatic hydroxyl groups is 1. The number of carbonyl (C=O) groups excluding carboxylic acids is 2. The second-order valence-electron chi connectivity index (χ2n) is 19.0. The van der Waals surface area contributed by atoms with Crippen molar-refractivity contribution in [1.82, 2.24) is 0 Å². The van der Waals surface area contributed by atoms with E-state index in [0.717, 1.165) is 64.2 Å². The van der Waals surface area contributed by atoms with Crippen molar-refractivity contribution in [3.05, 3.63) is 72.9 Å². The zero-order chi connectivity index (χ0) is 47.7. The molecule has 0 aromatic rings. The number of unbranched alkanes of at least 4 members (excludes halogenated alkanes) is 32. The number of allylic oxidation sites excluding steroid dienone is 12. The Hall–Kier alpha value is -2.66. The monoisotopic (exact) mass is 921 g/mol. The first-order valence-corrected chi connectivity index (χ1v) is 28.5. The van der Waals surface area contributed by atoms with E-state index in [1.54, 1.807) is 0 Å². The molecule has 0 radical (unpaired) electrons. The number of aliphatic hydroxyl groups excluding tert-OH is 1. The summed E-state index contributed by atoms with van der Waals surface area (Å²) in [5.74, 6) is -0.593. The van der Waals surface area contributed by atoms with Crippen molar-refractivity contribution >= 4 is 11.9 Å². The Labute approximate surface area is 410 Å². The zero-order valence-electron chi connectivity index (χ0n) is 43.7. The number of rotatable bonds is 52. The van der Waals surface area contributed by atoms with Gasteiger partial charge < -0.3 is 14.6 Å². The molecular weight excluding hydrogens is 813 g/mol. The Kier molecular flexibility index (Phi) is 54.4. The smallest absolute Gasteiger partial charge is 0.306 e. The summed E-state index contributed by atoms with van der Waals surface area (Å²) in [6, 6.07) is 0. The first kappa shape index (κ1) is 63.3. The normalized spacial score (nSPS) is 12.7. The molecule has 1 atom stereocenters. The molecule has 0 aliphatic carbocycles. The van der Waals surface area contributed by atoms with Crippen LogP contribution < -0.4 is 0 Å². The average molecular weight is 922 g/mol. The van der Waals surface area contributed by atoms with Crippen LogP contribution in [0.15, 0.2) is 72.9 Å².